The molecule has 0 saturated carbocycles. The van der Waals surface area contributed by atoms with Gasteiger partial charge < -0.3 is 25.0 Å². The Morgan fingerprint density at radius 2 is 2.03 bits per heavy atom. The monoisotopic (exact) mass is 448 g/mol. The van der Waals surface area contributed by atoms with Gasteiger partial charge in [-0.25, -0.2) is 9.55 Å². The van der Waals surface area contributed by atoms with E-state index in [9.17, 15) is 9.67 Å². The molecule has 0 bridgehead atoms. The van der Waals surface area contributed by atoms with Crippen molar-refractivity contribution < 1.29 is 23.5 Å². The molecule has 12 heteroatoms. The normalized spacial score (nSPS) is 24.4. The number of nitrogens with zero attached hydrogens (tertiary/aromatic N) is 5. The predicted octanol–water partition coefficient (Wildman–Crippen LogP) is 1.85. The van der Waals surface area contributed by atoms with Gasteiger partial charge in [0.25, 0.3) is 0 Å². The third-order valence-electron chi connectivity index (χ3n) is 5.11. The Kier molecular flexibility index (Phi) is 6.10. The van der Waals surface area contributed by atoms with Crippen LogP contribution in [0.4, 0.5) is 11.8 Å². The molecule has 1 fully saturated rings. The highest BCUT2D eigenvalue weighted by Gasteiger charge is 2.43. The van der Waals surface area contributed by atoms with Crippen molar-refractivity contribution in [2.45, 2.75) is 25.4 Å². The van der Waals surface area contributed by atoms with Gasteiger partial charge in [-0.3, -0.25) is 9.09 Å². The minimum atomic E-state index is -2.80. The Balaban J connectivity index is 1.48. The molecule has 1 aliphatic rings. The second-order valence-corrected chi connectivity index (χ2v) is 8.51. The number of aromatic nitrogens is 4. The molecule has 1 saturated heterocycles. The molecule has 166 valence electrons. The first-order valence-corrected chi connectivity index (χ1v) is 11.0. The summed E-state index contributed by atoms with van der Waals surface area (Å²) in [6.45, 7) is 1.77. The van der Waals surface area contributed by atoms with Gasteiger partial charge in [-0.15, -0.1) is 0 Å². The van der Waals surface area contributed by atoms with Crippen molar-refractivity contribution in [1.29, 1.82) is 0 Å². The van der Waals surface area contributed by atoms with E-state index >= 15 is 0 Å². The zero-order valence-electron chi connectivity index (χ0n) is 17.4. The second-order valence-electron chi connectivity index (χ2n) is 7.51. The first-order chi connectivity index (χ1) is 14.8. The van der Waals surface area contributed by atoms with Crippen LogP contribution in [0.3, 0.4) is 0 Å². The number of hydrogen-bond acceptors (Lipinski definition) is 10. The number of benzene rings is 1. The summed E-state index contributed by atoms with van der Waals surface area (Å²) < 4.78 is 30.5. The Bertz CT molecular complexity index is 1080. The van der Waals surface area contributed by atoms with Crippen LogP contribution < -0.4 is 15.2 Å². The number of imidazole rings is 1. The molecule has 0 aliphatic carbocycles. The van der Waals surface area contributed by atoms with Crippen molar-refractivity contribution in [3.05, 3.63) is 36.7 Å². The van der Waals surface area contributed by atoms with Gasteiger partial charge in [0.1, 0.15) is 18.1 Å². The summed E-state index contributed by atoms with van der Waals surface area (Å²) in [5.74, 6) is 0.844. The van der Waals surface area contributed by atoms with Gasteiger partial charge in [-0.2, -0.15) is 9.97 Å². The van der Waals surface area contributed by atoms with Crippen LogP contribution in [0, 0.1) is 5.92 Å². The van der Waals surface area contributed by atoms with Crippen LogP contribution in [0.2, 0.25) is 0 Å². The summed E-state index contributed by atoms with van der Waals surface area (Å²) in [4.78, 5) is 14.8. The molecule has 4 rings (SSSR count). The number of aliphatic hydroxyl groups excluding tert-OH is 1. The van der Waals surface area contributed by atoms with Crippen LogP contribution >= 0.6 is 8.25 Å². The lowest BCUT2D eigenvalue weighted by atomic mass is 10.0. The van der Waals surface area contributed by atoms with Crippen LogP contribution in [0.15, 0.2) is 36.7 Å². The highest BCUT2D eigenvalue weighted by molar-refractivity contribution is 7.33. The zero-order chi connectivity index (χ0) is 22.1. The minimum Gasteiger partial charge on any atom is -0.426 e. The Morgan fingerprint density at radius 1 is 1.29 bits per heavy atom. The molecule has 3 aromatic rings. The molecule has 0 spiro atoms. The Hall–Kier alpha value is -2.72. The van der Waals surface area contributed by atoms with E-state index in [1.165, 1.54) is 0 Å². The van der Waals surface area contributed by atoms with Crippen LogP contribution in [-0.4, -0.2) is 57.5 Å². The fourth-order valence-corrected chi connectivity index (χ4v) is 4.22. The predicted molar refractivity (Wildman–Crippen MR) is 115 cm³/mol. The molecule has 3 heterocycles. The van der Waals surface area contributed by atoms with E-state index < -0.39 is 26.7 Å². The van der Waals surface area contributed by atoms with Crippen molar-refractivity contribution in [1.82, 2.24) is 19.5 Å². The summed E-state index contributed by atoms with van der Waals surface area (Å²) in [5.41, 5.74) is 6.95. The standard InChI is InChI=1S/C19H25N6O5P/c1-11-15(26)13(9-28-31(27)30-12-7-5-4-6-8-12)29-18(11)25-10-21-14-16(24(2)3)22-19(20)23-17(14)25/h4-8,10-11,13,15,18,26,31H,9H2,1-3H3,(H2,20,22,23)/t11-,13?,15-,18+/m0/s1. The van der Waals surface area contributed by atoms with Gasteiger partial charge >= 0.3 is 8.25 Å². The molecular weight excluding hydrogens is 423 g/mol. The molecule has 3 N–H and O–H groups in total. The van der Waals surface area contributed by atoms with E-state index in [0.29, 0.717) is 22.7 Å². The number of anilines is 2. The van der Waals surface area contributed by atoms with Crippen molar-refractivity contribution in [2.75, 3.05) is 31.3 Å². The lowest BCUT2D eigenvalue weighted by Gasteiger charge is -2.18. The molecule has 0 amide bonds. The summed E-state index contributed by atoms with van der Waals surface area (Å²) in [7, 11) is 0.880. The van der Waals surface area contributed by atoms with Crippen molar-refractivity contribution >= 4 is 31.2 Å². The molecule has 1 aromatic carbocycles. The fraction of sp³-hybridized carbons (Fsp3) is 0.421. The zero-order valence-corrected chi connectivity index (χ0v) is 18.4. The first-order valence-electron chi connectivity index (χ1n) is 9.75. The van der Waals surface area contributed by atoms with Gasteiger partial charge in [-0.05, 0) is 12.1 Å². The van der Waals surface area contributed by atoms with Crippen molar-refractivity contribution in [3.8, 4) is 5.75 Å². The summed E-state index contributed by atoms with van der Waals surface area (Å²) in [6.07, 6.45) is -0.514. The maximum Gasteiger partial charge on any atom is 0.367 e. The number of aliphatic hydroxyl groups is 1. The molecular formula is C19H25N6O5P. The highest BCUT2D eigenvalue weighted by Crippen LogP contribution is 2.38. The largest absolute Gasteiger partial charge is 0.426 e. The van der Waals surface area contributed by atoms with Gasteiger partial charge in [-0.1, -0.05) is 25.1 Å². The van der Waals surface area contributed by atoms with Crippen LogP contribution in [-0.2, 0) is 13.8 Å². The quantitative estimate of drug-likeness (QED) is 0.515. The number of rotatable bonds is 7. The van der Waals surface area contributed by atoms with Crippen LogP contribution in [0.5, 0.6) is 5.75 Å². The number of nitrogen functional groups attached to an aromatic ring is 1. The molecule has 0 radical (unpaired) electrons. The number of fused-ring (bicyclic) bond motifs is 1. The Labute approximate surface area is 179 Å². The van der Waals surface area contributed by atoms with E-state index in [4.69, 9.17) is 19.5 Å². The number of para-hydroxylation sites is 1. The van der Waals surface area contributed by atoms with E-state index in [2.05, 4.69) is 15.0 Å². The number of ether oxygens (including phenoxy) is 1. The number of nitrogens with two attached hydrogens (primary N) is 1. The summed E-state index contributed by atoms with van der Waals surface area (Å²) in [6, 6.07) is 8.74. The first kappa shape index (κ1) is 21.5. The fourth-order valence-electron chi connectivity index (χ4n) is 3.53. The molecule has 1 aliphatic heterocycles. The highest BCUT2D eigenvalue weighted by atomic mass is 31.1. The average molecular weight is 448 g/mol. The van der Waals surface area contributed by atoms with Crippen LogP contribution in [0.1, 0.15) is 13.2 Å². The maximum atomic E-state index is 12.1. The SMILES string of the molecule is C[C@H]1[C@H](O)C(CO[PH](=O)Oc2ccccc2)O[C@H]1n1cnc2c(N(C)C)nc(N)nc21. The van der Waals surface area contributed by atoms with Gasteiger partial charge in [0.2, 0.25) is 5.95 Å². The summed E-state index contributed by atoms with van der Waals surface area (Å²) >= 11 is 0. The van der Waals surface area contributed by atoms with Crippen molar-refractivity contribution in [3.63, 3.8) is 0 Å². The molecule has 31 heavy (non-hydrogen) atoms. The molecule has 11 nitrogen and oxygen atoms in total. The lowest BCUT2D eigenvalue weighted by molar-refractivity contribution is -0.0399. The van der Waals surface area contributed by atoms with E-state index in [1.807, 2.05) is 27.1 Å². The third-order valence-corrected chi connectivity index (χ3v) is 5.92. The Morgan fingerprint density at radius 3 is 2.74 bits per heavy atom. The van der Waals surface area contributed by atoms with E-state index in [1.54, 1.807) is 40.1 Å². The van der Waals surface area contributed by atoms with Crippen LogP contribution in [0.25, 0.3) is 11.2 Å². The molecule has 2 aromatic heterocycles. The smallest absolute Gasteiger partial charge is 0.367 e. The van der Waals surface area contributed by atoms with Gasteiger partial charge in [0.05, 0.1) is 19.0 Å². The van der Waals surface area contributed by atoms with Gasteiger partial charge in [0, 0.05) is 20.0 Å². The van der Waals surface area contributed by atoms with E-state index in [-0.39, 0.29) is 18.5 Å². The van der Waals surface area contributed by atoms with E-state index in [0.717, 1.165) is 0 Å². The summed E-state index contributed by atoms with van der Waals surface area (Å²) in [5, 5.41) is 10.7. The maximum absolute atomic E-state index is 12.1. The molecule has 2 unspecified atom stereocenters. The van der Waals surface area contributed by atoms with Crippen molar-refractivity contribution in [2.24, 2.45) is 5.92 Å². The van der Waals surface area contributed by atoms with Gasteiger partial charge in [0.15, 0.2) is 17.0 Å². The number of hydrogen-bond donors (Lipinski definition) is 2. The minimum absolute atomic E-state index is 0.0840. The topological polar surface area (TPSA) is 138 Å². The lowest BCUT2D eigenvalue weighted by Crippen LogP contribution is -2.28. The second kappa shape index (κ2) is 8.80. The molecule has 5 atom stereocenters. The third kappa shape index (κ3) is 4.35. The average Bonchev–Trinajstić information content (AvgIpc) is 3.27.